The van der Waals surface area contributed by atoms with Gasteiger partial charge in [0.15, 0.2) is 0 Å². The van der Waals surface area contributed by atoms with E-state index in [1.165, 1.54) is 17.9 Å². The second-order valence-corrected chi connectivity index (χ2v) is 7.00. The topological polar surface area (TPSA) is 49.4 Å². The highest BCUT2D eigenvalue weighted by Gasteiger charge is 2.31. The van der Waals surface area contributed by atoms with Crippen molar-refractivity contribution in [2.45, 2.75) is 38.5 Å². The minimum atomic E-state index is -4.44. The van der Waals surface area contributed by atoms with E-state index in [-0.39, 0.29) is 18.2 Å². The van der Waals surface area contributed by atoms with Crippen molar-refractivity contribution in [1.82, 2.24) is 10.2 Å². The standard InChI is InChI=1S/C22H21F3N2O2/c1-14(17-7-5-8-18(12-17)22(23,24)25)26-21(29)13-20-19-9-4-3-6-16(19)10-11-27(20)15(2)28/h3-12,14,20H,13H2,1-2H3,(H,26,29)/t14-,20+/m0/s1. The van der Waals surface area contributed by atoms with Gasteiger partial charge in [-0.15, -0.1) is 0 Å². The molecule has 152 valence electrons. The fourth-order valence-electron chi connectivity index (χ4n) is 3.46. The maximum Gasteiger partial charge on any atom is 0.416 e. The maximum atomic E-state index is 12.9. The van der Waals surface area contributed by atoms with E-state index in [0.717, 1.165) is 23.3 Å². The quantitative estimate of drug-likeness (QED) is 0.795. The van der Waals surface area contributed by atoms with Crippen molar-refractivity contribution in [2.75, 3.05) is 0 Å². The van der Waals surface area contributed by atoms with Gasteiger partial charge in [-0.2, -0.15) is 13.2 Å². The van der Waals surface area contributed by atoms with Crippen molar-refractivity contribution >= 4 is 17.9 Å². The van der Waals surface area contributed by atoms with Crippen LogP contribution in [0.5, 0.6) is 0 Å². The summed E-state index contributed by atoms with van der Waals surface area (Å²) in [6, 6.07) is 11.3. The summed E-state index contributed by atoms with van der Waals surface area (Å²) in [5, 5.41) is 2.74. The molecule has 2 atom stereocenters. The van der Waals surface area contributed by atoms with Gasteiger partial charge >= 0.3 is 6.18 Å². The van der Waals surface area contributed by atoms with Crippen LogP contribution in [0.25, 0.3) is 6.08 Å². The Morgan fingerprint density at radius 2 is 1.86 bits per heavy atom. The molecule has 0 radical (unpaired) electrons. The van der Waals surface area contributed by atoms with Crippen LogP contribution < -0.4 is 5.32 Å². The average molecular weight is 402 g/mol. The molecule has 2 amide bonds. The van der Waals surface area contributed by atoms with Crippen LogP contribution in [0.3, 0.4) is 0 Å². The van der Waals surface area contributed by atoms with Crippen LogP contribution in [0.2, 0.25) is 0 Å². The van der Waals surface area contributed by atoms with Crippen LogP contribution in [-0.4, -0.2) is 16.7 Å². The highest BCUT2D eigenvalue weighted by Crippen LogP contribution is 2.33. The number of hydrogen-bond acceptors (Lipinski definition) is 2. The Morgan fingerprint density at radius 1 is 1.14 bits per heavy atom. The van der Waals surface area contributed by atoms with Crippen molar-refractivity contribution in [2.24, 2.45) is 0 Å². The van der Waals surface area contributed by atoms with Crippen LogP contribution in [0.15, 0.2) is 54.7 Å². The Balaban J connectivity index is 1.76. The van der Waals surface area contributed by atoms with Gasteiger partial charge in [0, 0.05) is 13.1 Å². The summed E-state index contributed by atoms with van der Waals surface area (Å²) in [6.45, 7) is 3.05. The predicted octanol–water partition coefficient (Wildman–Crippen LogP) is 4.85. The van der Waals surface area contributed by atoms with E-state index in [0.29, 0.717) is 5.56 Å². The number of nitrogens with zero attached hydrogens (tertiary/aromatic N) is 1. The SMILES string of the molecule is CC(=O)N1C=Cc2ccccc2[C@H]1CC(=O)N[C@@H](C)c1cccc(C(F)(F)F)c1. The highest BCUT2D eigenvalue weighted by atomic mass is 19.4. The first-order valence-corrected chi connectivity index (χ1v) is 9.19. The molecule has 7 heteroatoms. The molecule has 0 aromatic heterocycles. The lowest BCUT2D eigenvalue weighted by Crippen LogP contribution is -2.36. The predicted molar refractivity (Wildman–Crippen MR) is 103 cm³/mol. The molecule has 0 aliphatic carbocycles. The van der Waals surface area contributed by atoms with Gasteiger partial charge in [0.05, 0.1) is 24.1 Å². The Labute approximate surface area is 167 Å². The van der Waals surface area contributed by atoms with E-state index in [1.54, 1.807) is 19.2 Å². The summed E-state index contributed by atoms with van der Waals surface area (Å²) >= 11 is 0. The van der Waals surface area contributed by atoms with Crippen LogP contribution in [0.4, 0.5) is 13.2 Å². The molecule has 4 nitrogen and oxygen atoms in total. The molecule has 2 aromatic carbocycles. The fraction of sp³-hybridized carbons (Fsp3) is 0.273. The van der Waals surface area contributed by atoms with Crippen LogP contribution in [0, 0.1) is 0 Å². The molecule has 1 aliphatic rings. The number of nitrogens with one attached hydrogen (secondary N) is 1. The van der Waals surface area contributed by atoms with Gasteiger partial charge in [0.2, 0.25) is 11.8 Å². The molecule has 0 fully saturated rings. The molecule has 0 unspecified atom stereocenters. The number of alkyl halides is 3. The van der Waals surface area contributed by atoms with Gasteiger partial charge in [-0.3, -0.25) is 9.59 Å². The summed E-state index contributed by atoms with van der Waals surface area (Å²) in [7, 11) is 0. The van der Waals surface area contributed by atoms with Crippen molar-refractivity contribution in [3.63, 3.8) is 0 Å². The molecular weight excluding hydrogens is 381 g/mol. The number of fused-ring (bicyclic) bond motifs is 1. The number of carbonyl (C=O) groups is 2. The molecule has 0 bridgehead atoms. The molecule has 0 saturated heterocycles. The minimum absolute atomic E-state index is 0.00420. The van der Waals surface area contributed by atoms with E-state index in [1.807, 2.05) is 30.3 Å². The van der Waals surface area contributed by atoms with Gasteiger partial charge in [-0.25, -0.2) is 0 Å². The van der Waals surface area contributed by atoms with Crippen molar-refractivity contribution in [3.8, 4) is 0 Å². The van der Waals surface area contributed by atoms with Crippen molar-refractivity contribution in [3.05, 3.63) is 77.0 Å². The zero-order valence-electron chi connectivity index (χ0n) is 16.0. The van der Waals surface area contributed by atoms with Crippen LogP contribution in [-0.2, 0) is 15.8 Å². The van der Waals surface area contributed by atoms with Crippen LogP contribution >= 0.6 is 0 Å². The first kappa shape index (κ1) is 20.6. The number of carbonyl (C=O) groups excluding carboxylic acids is 2. The van der Waals surface area contributed by atoms with Crippen molar-refractivity contribution in [1.29, 1.82) is 0 Å². The van der Waals surface area contributed by atoms with E-state index >= 15 is 0 Å². The third-order valence-electron chi connectivity index (χ3n) is 4.94. The third kappa shape index (κ3) is 4.67. The Bertz CT molecular complexity index is 953. The minimum Gasteiger partial charge on any atom is -0.350 e. The molecule has 1 N–H and O–H groups in total. The molecule has 1 heterocycles. The lowest BCUT2D eigenvalue weighted by molar-refractivity contribution is -0.137. The zero-order valence-corrected chi connectivity index (χ0v) is 16.0. The Kier molecular flexibility index (Phi) is 5.77. The number of halogens is 3. The first-order valence-electron chi connectivity index (χ1n) is 9.19. The molecule has 29 heavy (non-hydrogen) atoms. The molecular formula is C22H21F3N2O2. The zero-order chi connectivity index (χ0) is 21.2. The number of rotatable bonds is 4. The summed E-state index contributed by atoms with van der Waals surface area (Å²) in [5.74, 6) is -0.546. The number of hydrogen-bond donors (Lipinski definition) is 1. The smallest absolute Gasteiger partial charge is 0.350 e. The molecule has 0 saturated carbocycles. The largest absolute Gasteiger partial charge is 0.416 e. The fourth-order valence-corrected chi connectivity index (χ4v) is 3.46. The van der Waals surface area contributed by atoms with E-state index < -0.39 is 23.8 Å². The average Bonchev–Trinajstić information content (AvgIpc) is 2.67. The monoisotopic (exact) mass is 402 g/mol. The Hall–Kier alpha value is -3.09. The molecule has 3 rings (SSSR count). The van der Waals surface area contributed by atoms with Crippen molar-refractivity contribution < 1.29 is 22.8 Å². The Morgan fingerprint density at radius 3 is 2.55 bits per heavy atom. The first-order chi connectivity index (χ1) is 13.7. The van der Waals surface area contributed by atoms with Crippen LogP contribution in [0.1, 0.15) is 54.6 Å². The molecule has 2 aromatic rings. The van der Waals surface area contributed by atoms with E-state index in [4.69, 9.17) is 0 Å². The van der Waals surface area contributed by atoms with Gasteiger partial charge < -0.3 is 10.2 Å². The summed E-state index contributed by atoms with van der Waals surface area (Å²) in [4.78, 5) is 26.2. The summed E-state index contributed by atoms with van der Waals surface area (Å²) in [5.41, 5.74) is 1.38. The van der Waals surface area contributed by atoms with E-state index in [9.17, 15) is 22.8 Å². The highest BCUT2D eigenvalue weighted by molar-refractivity contribution is 5.82. The number of benzene rings is 2. The second-order valence-electron chi connectivity index (χ2n) is 7.00. The van der Waals surface area contributed by atoms with E-state index in [2.05, 4.69) is 5.32 Å². The summed E-state index contributed by atoms with van der Waals surface area (Å²) in [6.07, 6.45) is -0.973. The van der Waals surface area contributed by atoms with Gasteiger partial charge in [-0.1, -0.05) is 36.4 Å². The molecule has 1 aliphatic heterocycles. The molecule has 0 spiro atoms. The lowest BCUT2D eigenvalue weighted by atomic mass is 9.93. The van der Waals surface area contributed by atoms with Gasteiger partial charge in [0.25, 0.3) is 0 Å². The van der Waals surface area contributed by atoms with Gasteiger partial charge in [-0.05, 0) is 41.8 Å². The summed E-state index contributed by atoms with van der Waals surface area (Å²) < 4.78 is 38.8. The lowest BCUT2D eigenvalue weighted by Gasteiger charge is -2.32. The second kappa shape index (κ2) is 8.11. The van der Waals surface area contributed by atoms with Gasteiger partial charge in [0.1, 0.15) is 0 Å². The number of amides is 2. The third-order valence-corrected chi connectivity index (χ3v) is 4.94. The maximum absolute atomic E-state index is 12.9. The normalized spacial score (nSPS) is 16.9.